The standard InChI is InChI=1S/C16H22N2O3/c1-3-12(4-7-16(19)20)8-9-18-15-10-14(21-2)6-5-13(15)11-17/h5-6,10,12,18H,3-4,7-9H2,1-2H3,(H,19,20). The van der Waals surface area contributed by atoms with E-state index in [-0.39, 0.29) is 6.42 Å². The quantitative estimate of drug-likeness (QED) is 0.729. The van der Waals surface area contributed by atoms with Gasteiger partial charge in [-0.15, -0.1) is 0 Å². The normalized spacial score (nSPS) is 11.5. The van der Waals surface area contributed by atoms with Crippen molar-refractivity contribution in [1.82, 2.24) is 0 Å². The van der Waals surface area contributed by atoms with Crippen LogP contribution in [0.2, 0.25) is 0 Å². The maximum atomic E-state index is 10.6. The molecule has 0 amide bonds. The molecule has 0 saturated heterocycles. The molecule has 0 aliphatic rings. The molecule has 0 aromatic heterocycles. The first-order valence-corrected chi connectivity index (χ1v) is 7.14. The number of nitriles is 1. The number of ether oxygens (including phenoxy) is 1. The van der Waals surface area contributed by atoms with Crippen LogP contribution in [0, 0.1) is 17.2 Å². The van der Waals surface area contributed by atoms with E-state index in [0.29, 0.717) is 30.2 Å². The lowest BCUT2D eigenvalue weighted by molar-refractivity contribution is -0.137. The van der Waals surface area contributed by atoms with Crippen LogP contribution in [0.1, 0.15) is 38.2 Å². The first kappa shape index (κ1) is 16.8. The largest absolute Gasteiger partial charge is 0.497 e. The zero-order chi connectivity index (χ0) is 15.7. The number of rotatable bonds is 9. The van der Waals surface area contributed by atoms with Crippen LogP contribution in [0.15, 0.2) is 18.2 Å². The Morgan fingerprint density at radius 1 is 1.48 bits per heavy atom. The number of carboxylic acids is 1. The third-order valence-corrected chi connectivity index (χ3v) is 3.56. The third-order valence-electron chi connectivity index (χ3n) is 3.56. The molecule has 114 valence electrons. The van der Waals surface area contributed by atoms with Crippen LogP contribution >= 0.6 is 0 Å². The number of nitrogens with one attached hydrogen (secondary N) is 1. The van der Waals surface area contributed by atoms with Crippen molar-refractivity contribution in [2.45, 2.75) is 32.6 Å². The van der Waals surface area contributed by atoms with E-state index in [2.05, 4.69) is 18.3 Å². The number of hydrogen-bond donors (Lipinski definition) is 2. The van der Waals surface area contributed by atoms with Crippen molar-refractivity contribution in [3.63, 3.8) is 0 Å². The summed E-state index contributed by atoms with van der Waals surface area (Å²) in [5.41, 5.74) is 1.33. The molecule has 0 spiro atoms. The number of carboxylic acid groups (broad SMARTS) is 1. The van der Waals surface area contributed by atoms with Crippen molar-refractivity contribution < 1.29 is 14.6 Å². The molecule has 5 nitrogen and oxygen atoms in total. The number of nitrogens with zero attached hydrogens (tertiary/aromatic N) is 1. The highest BCUT2D eigenvalue weighted by Gasteiger charge is 2.10. The lowest BCUT2D eigenvalue weighted by atomic mass is 9.96. The summed E-state index contributed by atoms with van der Waals surface area (Å²) in [7, 11) is 1.59. The molecular weight excluding hydrogens is 268 g/mol. The molecule has 0 fully saturated rings. The van der Waals surface area contributed by atoms with E-state index in [4.69, 9.17) is 15.1 Å². The number of hydrogen-bond acceptors (Lipinski definition) is 4. The van der Waals surface area contributed by atoms with E-state index in [9.17, 15) is 4.79 Å². The van der Waals surface area contributed by atoms with Crippen LogP contribution in [-0.4, -0.2) is 24.7 Å². The van der Waals surface area contributed by atoms with E-state index in [1.165, 1.54) is 0 Å². The fourth-order valence-corrected chi connectivity index (χ4v) is 2.19. The second-order valence-electron chi connectivity index (χ2n) is 4.95. The predicted octanol–water partition coefficient (Wildman–Crippen LogP) is 3.26. The first-order valence-electron chi connectivity index (χ1n) is 7.14. The maximum absolute atomic E-state index is 10.6. The monoisotopic (exact) mass is 290 g/mol. The maximum Gasteiger partial charge on any atom is 0.303 e. The topological polar surface area (TPSA) is 82.3 Å². The molecule has 1 rings (SSSR count). The van der Waals surface area contributed by atoms with Gasteiger partial charge in [0, 0.05) is 19.0 Å². The molecule has 2 N–H and O–H groups in total. The molecule has 0 heterocycles. The summed E-state index contributed by atoms with van der Waals surface area (Å²) in [5.74, 6) is 0.333. The van der Waals surface area contributed by atoms with Crippen LogP contribution in [0.4, 0.5) is 5.69 Å². The Morgan fingerprint density at radius 2 is 2.24 bits per heavy atom. The smallest absolute Gasteiger partial charge is 0.303 e. The number of anilines is 1. The molecule has 0 aliphatic heterocycles. The highest BCUT2D eigenvalue weighted by molar-refractivity contribution is 5.66. The molecule has 0 bridgehead atoms. The van der Waals surface area contributed by atoms with Gasteiger partial charge in [-0.05, 0) is 30.9 Å². The Balaban J connectivity index is 2.54. The Labute approximate surface area is 125 Å². The van der Waals surface area contributed by atoms with Gasteiger partial charge in [0.1, 0.15) is 11.8 Å². The Hall–Kier alpha value is -2.22. The fourth-order valence-electron chi connectivity index (χ4n) is 2.19. The highest BCUT2D eigenvalue weighted by atomic mass is 16.5. The molecule has 0 saturated carbocycles. The fraction of sp³-hybridized carbons (Fsp3) is 0.500. The molecule has 1 aromatic carbocycles. The number of benzene rings is 1. The average Bonchev–Trinajstić information content (AvgIpc) is 2.50. The molecule has 0 radical (unpaired) electrons. The van der Waals surface area contributed by atoms with Gasteiger partial charge in [-0.2, -0.15) is 5.26 Å². The average molecular weight is 290 g/mol. The van der Waals surface area contributed by atoms with E-state index >= 15 is 0 Å². The van der Waals surface area contributed by atoms with Gasteiger partial charge in [-0.25, -0.2) is 0 Å². The van der Waals surface area contributed by atoms with Crippen LogP contribution in [0.5, 0.6) is 5.75 Å². The van der Waals surface area contributed by atoms with Crippen molar-refractivity contribution in [1.29, 1.82) is 5.26 Å². The van der Waals surface area contributed by atoms with Gasteiger partial charge in [0.05, 0.1) is 18.4 Å². The van der Waals surface area contributed by atoms with Crippen molar-refractivity contribution in [3.05, 3.63) is 23.8 Å². The van der Waals surface area contributed by atoms with Crippen LogP contribution in [-0.2, 0) is 4.79 Å². The summed E-state index contributed by atoms with van der Waals surface area (Å²) in [6.45, 7) is 2.78. The van der Waals surface area contributed by atoms with Gasteiger partial charge in [-0.1, -0.05) is 13.3 Å². The van der Waals surface area contributed by atoms with Gasteiger partial charge in [0.25, 0.3) is 0 Å². The minimum Gasteiger partial charge on any atom is -0.497 e. The lowest BCUT2D eigenvalue weighted by Crippen LogP contribution is -2.11. The minimum atomic E-state index is -0.749. The summed E-state index contributed by atoms with van der Waals surface area (Å²) < 4.78 is 5.15. The van der Waals surface area contributed by atoms with E-state index < -0.39 is 5.97 Å². The second-order valence-corrected chi connectivity index (χ2v) is 4.95. The van der Waals surface area contributed by atoms with Crippen molar-refractivity contribution >= 4 is 11.7 Å². The van der Waals surface area contributed by atoms with E-state index in [0.717, 1.165) is 18.5 Å². The Morgan fingerprint density at radius 3 is 2.81 bits per heavy atom. The Bertz CT molecular complexity index is 509. The van der Waals surface area contributed by atoms with Crippen LogP contribution in [0.25, 0.3) is 0 Å². The van der Waals surface area contributed by atoms with E-state index in [1.807, 2.05) is 0 Å². The molecule has 0 aliphatic carbocycles. The molecule has 1 atom stereocenters. The lowest BCUT2D eigenvalue weighted by Gasteiger charge is -2.15. The summed E-state index contributed by atoms with van der Waals surface area (Å²) in [4.78, 5) is 10.6. The van der Waals surface area contributed by atoms with Gasteiger partial charge >= 0.3 is 5.97 Å². The highest BCUT2D eigenvalue weighted by Crippen LogP contribution is 2.23. The molecular formula is C16H22N2O3. The number of methoxy groups -OCH3 is 1. The molecule has 1 aromatic rings. The zero-order valence-corrected chi connectivity index (χ0v) is 12.6. The molecule has 21 heavy (non-hydrogen) atoms. The van der Waals surface area contributed by atoms with Crippen molar-refractivity contribution in [2.75, 3.05) is 19.0 Å². The predicted molar refractivity (Wildman–Crippen MR) is 81.5 cm³/mol. The minimum absolute atomic E-state index is 0.209. The number of aliphatic carboxylic acids is 1. The zero-order valence-electron chi connectivity index (χ0n) is 12.6. The van der Waals surface area contributed by atoms with E-state index in [1.54, 1.807) is 25.3 Å². The first-order chi connectivity index (χ1) is 10.1. The van der Waals surface area contributed by atoms with Crippen LogP contribution in [0.3, 0.4) is 0 Å². The van der Waals surface area contributed by atoms with Crippen molar-refractivity contribution in [3.8, 4) is 11.8 Å². The van der Waals surface area contributed by atoms with Crippen molar-refractivity contribution in [2.24, 2.45) is 5.92 Å². The summed E-state index contributed by atoms with van der Waals surface area (Å²) in [5, 5.41) is 21.0. The summed E-state index contributed by atoms with van der Waals surface area (Å²) >= 11 is 0. The summed E-state index contributed by atoms with van der Waals surface area (Å²) in [6.07, 6.45) is 2.74. The van der Waals surface area contributed by atoms with Gasteiger partial charge < -0.3 is 15.2 Å². The molecule has 5 heteroatoms. The molecule has 1 unspecified atom stereocenters. The van der Waals surface area contributed by atoms with Gasteiger partial charge in [-0.3, -0.25) is 4.79 Å². The SMILES string of the molecule is CCC(CCNc1cc(OC)ccc1C#N)CCC(=O)O. The summed E-state index contributed by atoms with van der Waals surface area (Å²) in [6, 6.07) is 7.43. The second kappa shape index (κ2) is 8.85. The van der Waals surface area contributed by atoms with Gasteiger partial charge in [0.15, 0.2) is 0 Å². The van der Waals surface area contributed by atoms with Gasteiger partial charge in [0.2, 0.25) is 0 Å². The van der Waals surface area contributed by atoms with Crippen LogP contribution < -0.4 is 10.1 Å². The number of carbonyl (C=O) groups is 1. The Kier molecular flexibility index (Phi) is 7.10. The third kappa shape index (κ3) is 5.74.